The maximum Gasteiger partial charge on any atom is 0.338 e. The van der Waals surface area contributed by atoms with E-state index in [0.29, 0.717) is 10.6 Å². The van der Waals surface area contributed by atoms with Gasteiger partial charge < -0.3 is 15.0 Å². The van der Waals surface area contributed by atoms with Crippen molar-refractivity contribution < 1.29 is 14.3 Å². The van der Waals surface area contributed by atoms with Crippen molar-refractivity contribution in [1.82, 2.24) is 5.32 Å². The van der Waals surface area contributed by atoms with Gasteiger partial charge in [0.05, 0.1) is 11.6 Å². The summed E-state index contributed by atoms with van der Waals surface area (Å²) in [4.78, 5) is 25.9. The Hall–Kier alpha value is -2.53. The molecule has 2 rings (SSSR count). The number of esters is 1. The normalized spacial score (nSPS) is 11.5. The van der Waals surface area contributed by atoms with E-state index in [9.17, 15) is 9.59 Å². The van der Waals surface area contributed by atoms with E-state index in [1.165, 1.54) is 0 Å². The predicted octanol–water partition coefficient (Wildman–Crippen LogP) is 3.44. The highest BCUT2D eigenvalue weighted by Gasteiger charge is 2.13. The molecule has 6 heteroatoms. The Morgan fingerprint density at radius 3 is 2.44 bits per heavy atom. The Balaban J connectivity index is 1.85. The summed E-state index contributed by atoms with van der Waals surface area (Å²) in [5.41, 5.74) is 2.26. The number of nitrogens with one attached hydrogen (secondary N) is 1. The fraction of sp³-hybridized carbons (Fsp3) is 0.263. The molecule has 5 nitrogen and oxygen atoms in total. The molecule has 0 saturated heterocycles. The number of hydrogen-bond acceptors (Lipinski definition) is 4. The van der Waals surface area contributed by atoms with E-state index in [4.69, 9.17) is 16.3 Å². The van der Waals surface area contributed by atoms with Crippen LogP contribution >= 0.6 is 11.6 Å². The van der Waals surface area contributed by atoms with Gasteiger partial charge in [-0.25, -0.2) is 4.79 Å². The van der Waals surface area contributed by atoms with E-state index in [2.05, 4.69) is 5.32 Å². The van der Waals surface area contributed by atoms with Gasteiger partial charge in [-0.15, -0.1) is 0 Å². The van der Waals surface area contributed by atoms with E-state index < -0.39 is 5.97 Å². The van der Waals surface area contributed by atoms with Crippen molar-refractivity contribution in [3.63, 3.8) is 0 Å². The van der Waals surface area contributed by atoms with E-state index in [-0.39, 0.29) is 18.6 Å². The molecule has 0 spiro atoms. The zero-order valence-corrected chi connectivity index (χ0v) is 15.2. The van der Waals surface area contributed by atoms with Gasteiger partial charge in [0.1, 0.15) is 0 Å². The monoisotopic (exact) mass is 360 g/mol. The molecule has 0 aliphatic carbocycles. The van der Waals surface area contributed by atoms with Crippen molar-refractivity contribution >= 4 is 29.2 Å². The highest BCUT2D eigenvalue weighted by molar-refractivity contribution is 6.30. The summed E-state index contributed by atoms with van der Waals surface area (Å²) in [6.45, 7) is 1.50. The molecule has 0 bridgehead atoms. The van der Waals surface area contributed by atoms with Crippen LogP contribution in [0, 0.1) is 0 Å². The second-order valence-electron chi connectivity index (χ2n) is 5.86. The van der Waals surface area contributed by atoms with E-state index in [1.807, 2.05) is 50.2 Å². The van der Waals surface area contributed by atoms with Crippen molar-refractivity contribution in [2.24, 2.45) is 0 Å². The molecule has 0 fully saturated rings. The lowest BCUT2D eigenvalue weighted by molar-refractivity contribution is -0.124. The fourth-order valence-corrected chi connectivity index (χ4v) is 2.45. The molecule has 0 saturated carbocycles. The number of nitrogens with zero attached hydrogens (tertiary/aromatic N) is 1. The second kappa shape index (κ2) is 8.53. The first-order valence-corrected chi connectivity index (χ1v) is 8.24. The third-order valence-electron chi connectivity index (χ3n) is 3.68. The van der Waals surface area contributed by atoms with Crippen LogP contribution in [0.5, 0.6) is 0 Å². The number of ether oxygens (including phenoxy) is 1. The number of amides is 1. The second-order valence-corrected chi connectivity index (χ2v) is 6.30. The molecule has 1 amide bonds. The summed E-state index contributed by atoms with van der Waals surface area (Å²) in [6, 6.07) is 14.0. The predicted molar refractivity (Wildman–Crippen MR) is 99.1 cm³/mol. The van der Waals surface area contributed by atoms with Gasteiger partial charge in [0.15, 0.2) is 6.61 Å². The van der Waals surface area contributed by atoms with E-state index >= 15 is 0 Å². The van der Waals surface area contributed by atoms with Crippen LogP contribution < -0.4 is 10.2 Å². The molecule has 2 aromatic rings. The lowest BCUT2D eigenvalue weighted by atomic mass is 10.1. The van der Waals surface area contributed by atoms with Crippen LogP contribution in [-0.4, -0.2) is 32.6 Å². The Labute approximate surface area is 152 Å². The van der Waals surface area contributed by atoms with Crippen molar-refractivity contribution in [2.75, 3.05) is 25.6 Å². The fourth-order valence-electron chi connectivity index (χ4n) is 2.25. The Bertz CT molecular complexity index is 745. The maximum atomic E-state index is 12.0. The van der Waals surface area contributed by atoms with Gasteiger partial charge in [0.2, 0.25) is 0 Å². The van der Waals surface area contributed by atoms with Gasteiger partial charge in [0, 0.05) is 24.8 Å². The quantitative estimate of drug-likeness (QED) is 0.802. The Morgan fingerprint density at radius 2 is 1.84 bits per heavy atom. The molecular formula is C19H21ClN2O3. The molecule has 132 valence electrons. The van der Waals surface area contributed by atoms with Crippen LogP contribution in [0.3, 0.4) is 0 Å². The average Bonchev–Trinajstić information content (AvgIpc) is 2.59. The minimum absolute atomic E-state index is 0.232. The largest absolute Gasteiger partial charge is 0.452 e. The number of halogens is 1. The Kier molecular flexibility index (Phi) is 6.42. The number of carbonyl (C=O) groups is 2. The zero-order valence-electron chi connectivity index (χ0n) is 14.5. The highest BCUT2D eigenvalue weighted by Crippen LogP contribution is 2.17. The maximum absolute atomic E-state index is 12.0. The summed E-state index contributed by atoms with van der Waals surface area (Å²) < 4.78 is 5.06. The van der Waals surface area contributed by atoms with Crippen LogP contribution in [0.15, 0.2) is 48.5 Å². The molecule has 25 heavy (non-hydrogen) atoms. The van der Waals surface area contributed by atoms with Gasteiger partial charge >= 0.3 is 5.97 Å². The molecule has 0 unspecified atom stereocenters. The standard InChI is InChI=1S/C19H21ClN2O3/c1-13(15-5-4-6-16(20)11-15)21-18(23)12-25-19(24)14-7-9-17(10-8-14)22(2)3/h4-11,13H,12H2,1-3H3,(H,21,23)/t13-/m1/s1. The van der Waals surface area contributed by atoms with Crippen molar-refractivity contribution in [2.45, 2.75) is 13.0 Å². The zero-order chi connectivity index (χ0) is 18.4. The number of hydrogen-bond donors (Lipinski definition) is 1. The van der Waals surface area contributed by atoms with Gasteiger partial charge in [-0.1, -0.05) is 23.7 Å². The molecular weight excluding hydrogens is 340 g/mol. The number of rotatable bonds is 6. The molecule has 0 heterocycles. The SMILES string of the molecule is C[C@@H](NC(=O)COC(=O)c1ccc(N(C)C)cc1)c1cccc(Cl)c1. The summed E-state index contributed by atoms with van der Waals surface area (Å²) in [6.07, 6.45) is 0. The van der Waals surface area contributed by atoms with Gasteiger partial charge in [-0.3, -0.25) is 4.79 Å². The van der Waals surface area contributed by atoms with Crippen LogP contribution in [0.1, 0.15) is 28.9 Å². The molecule has 0 aliphatic heterocycles. The van der Waals surface area contributed by atoms with E-state index in [1.54, 1.807) is 24.3 Å². The summed E-state index contributed by atoms with van der Waals surface area (Å²) in [7, 11) is 3.83. The molecule has 0 aromatic heterocycles. The summed E-state index contributed by atoms with van der Waals surface area (Å²) >= 11 is 5.94. The molecule has 0 aliphatic rings. The molecule has 0 radical (unpaired) electrons. The van der Waals surface area contributed by atoms with Gasteiger partial charge in [-0.05, 0) is 48.9 Å². The van der Waals surface area contributed by atoms with Gasteiger partial charge in [0.25, 0.3) is 5.91 Å². The molecule has 2 aromatic carbocycles. The van der Waals surface area contributed by atoms with Crippen LogP contribution in [0.2, 0.25) is 5.02 Å². The highest BCUT2D eigenvalue weighted by atomic mass is 35.5. The average molecular weight is 361 g/mol. The van der Waals surface area contributed by atoms with Gasteiger partial charge in [-0.2, -0.15) is 0 Å². The molecule has 1 N–H and O–H groups in total. The smallest absolute Gasteiger partial charge is 0.338 e. The molecule has 1 atom stereocenters. The first-order chi connectivity index (χ1) is 11.9. The number of benzene rings is 2. The van der Waals surface area contributed by atoms with Crippen LogP contribution in [0.4, 0.5) is 5.69 Å². The summed E-state index contributed by atoms with van der Waals surface area (Å²) in [5.74, 6) is -0.901. The minimum Gasteiger partial charge on any atom is -0.452 e. The Morgan fingerprint density at radius 1 is 1.16 bits per heavy atom. The number of carbonyl (C=O) groups excluding carboxylic acids is 2. The summed E-state index contributed by atoms with van der Waals surface area (Å²) in [5, 5.41) is 3.38. The lowest BCUT2D eigenvalue weighted by Gasteiger charge is -2.15. The first-order valence-electron chi connectivity index (χ1n) is 7.86. The topological polar surface area (TPSA) is 58.6 Å². The van der Waals surface area contributed by atoms with Crippen molar-refractivity contribution in [3.8, 4) is 0 Å². The van der Waals surface area contributed by atoms with Crippen molar-refractivity contribution in [3.05, 3.63) is 64.7 Å². The van der Waals surface area contributed by atoms with Crippen LogP contribution in [-0.2, 0) is 9.53 Å². The lowest BCUT2D eigenvalue weighted by Crippen LogP contribution is -2.31. The van der Waals surface area contributed by atoms with Crippen LogP contribution in [0.25, 0.3) is 0 Å². The van der Waals surface area contributed by atoms with Crippen molar-refractivity contribution in [1.29, 1.82) is 0 Å². The number of anilines is 1. The minimum atomic E-state index is -0.532. The van der Waals surface area contributed by atoms with E-state index in [0.717, 1.165) is 11.3 Å². The third kappa shape index (κ3) is 5.50. The third-order valence-corrected chi connectivity index (χ3v) is 3.92. The first kappa shape index (κ1) is 18.8.